The molecule has 110 valence electrons. The van der Waals surface area contributed by atoms with E-state index in [0.29, 0.717) is 0 Å². The Hall–Kier alpha value is -2.50. The molecule has 2 rings (SSSR count). The summed E-state index contributed by atoms with van der Waals surface area (Å²) < 4.78 is 44.8. The van der Waals surface area contributed by atoms with E-state index < -0.39 is 35.2 Å². The van der Waals surface area contributed by atoms with Crippen LogP contribution in [0.4, 0.5) is 18.9 Å². The van der Waals surface area contributed by atoms with E-state index in [4.69, 9.17) is 4.74 Å². The number of amides is 1. The molecule has 6 heteroatoms. The van der Waals surface area contributed by atoms with Gasteiger partial charge in [0.1, 0.15) is 28.9 Å². The van der Waals surface area contributed by atoms with Crippen LogP contribution in [-0.2, 0) is 4.79 Å². The number of para-hydroxylation sites is 1. The maximum Gasteiger partial charge on any atom is 0.265 e. The summed E-state index contributed by atoms with van der Waals surface area (Å²) in [4.78, 5) is 11.8. The lowest BCUT2D eigenvalue weighted by molar-refractivity contribution is -0.122. The molecule has 0 bridgehead atoms. The molecule has 0 aliphatic rings. The topological polar surface area (TPSA) is 38.3 Å². The number of carbonyl (C=O) groups excluding carboxylic acids is 1. The Morgan fingerprint density at radius 1 is 1.05 bits per heavy atom. The molecule has 0 aliphatic heterocycles. The molecule has 3 nitrogen and oxygen atoms in total. The monoisotopic (exact) mass is 295 g/mol. The first-order valence-corrected chi connectivity index (χ1v) is 6.14. The van der Waals surface area contributed by atoms with Crippen LogP contribution in [0.3, 0.4) is 0 Å². The van der Waals surface area contributed by atoms with Gasteiger partial charge in [-0.1, -0.05) is 6.07 Å². The molecule has 1 amide bonds. The van der Waals surface area contributed by atoms with Gasteiger partial charge in [0.15, 0.2) is 6.10 Å². The summed E-state index contributed by atoms with van der Waals surface area (Å²) in [5.74, 6) is -2.64. The van der Waals surface area contributed by atoms with Gasteiger partial charge in [0.25, 0.3) is 5.91 Å². The van der Waals surface area contributed by atoms with Gasteiger partial charge in [-0.2, -0.15) is 0 Å². The molecule has 2 aromatic carbocycles. The Morgan fingerprint density at radius 2 is 1.62 bits per heavy atom. The van der Waals surface area contributed by atoms with Crippen LogP contribution < -0.4 is 10.1 Å². The second-order valence-electron chi connectivity index (χ2n) is 4.30. The molecule has 0 spiro atoms. The average Bonchev–Trinajstić information content (AvgIpc) is 2.45. The molecule has 0 saturated carbocycles. The van der Waals surface area contributed by atoms with Gasteiger partial charge in [-0.25, -0.2) is 13.2 Å². The minimum Gasteiger partial charge on any atom is -0.481 e. The van der Waals surface area contributed by atoms with Crippen molar-refractivity contribution in [3.63, 3.8) is 0 Å². The van der Waals surface area contributed by atoms with E-state index in [2.05, 4.69) is 5.32 Å². The Labute approximate surface area is 119 Å². The van der Waals surface area contributed by atoms with E-state index >= 15 is 0 Å². The fraction of sp³-hybridized carbons (Fsp3) is 0.133. The van der Waals surface area contributed by atoms with Crippen molar-refractivity contribution < 1.29 is 22.7 Å². The fourth-order valence-electron chi connectivity index (χ4n) is 1.61. The molecule has 1 N–H and O–H groups in total. The van der Waals surface area contributed by atoms with Crippen molar-refractivity contribution in [2.45, 2.75) is 13.0 Å². The van der Waals surface area contributed by atoms with E-state index in [-0.39, 0.29) is 5.75 Å². The molecule has 0 radical (unpaired) electrons. The Bertz CT molecular complexity index is 624. The van der Waals surface area contributed by atoms with Gasteiger partial charge in [-0.05, 0) is 43.3 Å². The van der Waals surface area contributed by atoms with E-state index in [1.54, 1.807) is 0 Å². The van der Waals surface area contributed by atoms with Gasteiger partial charge in [-0.3, -0.25) is 4.79 Å². The molecule has 0 saturated heterocycles. The number of rotatable bonds is 4. The minimum absolute atomic E-state index is 0.271. The van der Waals surface area contributed by atoms with Gasteiger partial charge < -0.3 is 10.1 Å². The summed E-state index contributed by atoms with van der Waals surface area (Å²) in [7, 11) is 0. The van der Waals surface area contributed by atoms with Gasteiger partial charge in [-0.15, -0.1) is 0 Å². The quantitative estimate of drug-likeness (QED) is 0.937. The Balaban J connectivity index is 2.04. The Morgan fingerprint density at radius 3 is 2.19 bits per heavy atom. The third-order valence-corrected chi connectivity index (χ3v) is 2.71. The van der Waals surface area contributed by atoms with Crippen LogP contribution in [0.15, 0.2) is 42.5 Å². The predicted octanol–water partition coefficient (Wildman–Crippen LogP) is 3.51. The standard InChI is InChI=1S/C15H12F3NO2/c1-9(21-11-7-5-10(16)6-8-11)15(20)19-14-12(17)3-2-4-13(14)18/h2-9H,1H3,(H,19,20). The maximum atomic E-state index is 13.4. The van der Waals surface area contributed by atoms with Crippen molar-refractivity contribution in [3.05, 3.63) is 59.9 Å². The molecule has 1 atom stereocenters. The SMILES string of the molecule is CC(Oc1ccc(F)cc1)C(=O)Nc1c(F)cccc1F. The van der Waals surface area contributed by atoms with Crippen LogP contribution in [0.25, 0.3) is 0 Å². The smallest absolute Gasteiger partial charge is 0.265 e. The fourth-order valence-corrected chi connectivity index (χ4v) is 1.61. The number of benzene rings is 2. The molecule has 0 fully saturated rings. The number of hydrogen-bond acceptors (Lipinski definition) is 2. The van der Waals surface area contributed by atoms with Gasteiger partial charge in [0, 0.05) is 0 Å². The number of ether oxygens (including phenoxy) is 1. The molecular weight excluding hydrogens is 283 g/mol. The van der Waals surface area contributed by atoms with Gasteiger partial charge in [0.2, 0.25) is 0 Å². The van der Waals surface area contributed by atoms with E-state index in [0.717, 1.165) is 12.1 Å². The molecular formula is C15H12F3NO2. The van der Waals surface area contributed by atoms with Crippen molar-refractivity contribution in [2.24, 2.45) is 0 Å². The molecule has 0 aliphatic carbocycles. The zero-order valence-electron chi connectivity index (χ0n) is 11.1. The average molecular weight is 295 g/mol. The number of anilines is 1. The van der Waals surface area contributed by atoms with Crippen LogP contribution in [0.2, 0.25) is 0 Å². The number of hydrogen-bond donors (Lipinski definition) is 1. The molecule has 2 aromatic rings. The second-order valence-corrected chi connectivity index (χ2v) is 4.30. The number of halogens is 3. The van der Waals surface area contributed by atoms with Crippen LogP contribution in [0, 0.1) is 17.5 Å². The third kappa shape index (κ3) is 3.75. The van der Waals surface area contributed by atoms with Crippen molar-refractivity contribution in [3.8, 4) is 5.75 Å². The zero-order chi connectivity index (χ0) is 15.4. The van der Waals surface area contributed by atoms with Gasteiger partial charge in [0.05, 0.1) is 0 Å². The summed E-state index contributed by atoms with van der Waals surface area (Å²) in [6.07, 6.45) is -1.01. The van der Waals surface area contributed by atoms with Crippen LogP contribution in [0.1, 0.15) is 6.92 Å². The molecule has 1 unspecified atom stereocenters. The van der Waals surface area contributed by atoms with Crippen LogP contribution in [-0.4, -0.2) is 12.0 Å². The van der Waals surface area contributed by atoms with Crippen LogP contribution >= 0.6 is 0 Å². The summed E-state index contributed by atoms with van der Waals surface area (Å²) >= 11 is 0. The second kappa shape index (κ2) is 6.30. The highest BCUT2D eigenvalue weighted by Crippen LogP contribution is 2.19. The first-order chi connectivity index (χ1) is 9.97. The number of carbonyl (C=O) groups is 1. The van der Waals surface area contributed by atoms with E-state index in [9.17, 15) is 18.0 Å². The summed E-state index contributed by atoms with van der Waals surface area (Å²) in [5, 5.41) is 2.12. The van der Waals surface area contributed by atoms with Gasteiger partial charge >= 0.3 is 0 Å². The summed E-state index contributed by atoms with van der Waals surface area (Å²) in [6.45, 7) is 1.41. The molecule has 0 aromatic heterocycles. The minimum atomic E-state index is -1.01. The first kappa shape index (κ1) is 14.9. The predicted molar refractivity (Wildman–Crippen MR) is 71.5 cm³/mol. The molecule has 21 heavy (non-hydrogen) atoms. The van der Waals surface area contributed by atoms with Crippen molar-refractivity contribution in [1.29, 1.82) is 0 Å². The normalized spacial score (nSPS) is 11.8. The van der Waals surface area contributed by atoms with Crippen molar-refractivity contribution in [1.82, 2.24) is 0 Å². The van der Waals surface area contributed by atoms with E-state index in [1.807, 2.05) is 0 Å². The van der Waals surface area contributed by atoms with Crippen molar-refractivity contribution >= 4 is 11.6 Å². The van der Waals surface area contributed by atoms with Crippen LogP contribution in [0.5, 0.6) is 5.75 Å². The Kier molecular flexibility index (Phi) is 4.47. The van der Waals surface area contributed by atoms with E-state index in [1.165, 1.54) is 37.3 Å². The lowest BCUT2D eigenvalue weighted by atomic mass is 10.2. The lowest BCUT2D eigenvalue weighted by Gasteiger charge is -2.15. The van der Waals surface area contributed by atoms with Crippen molar-refractivity contribution in [2.75, 3.05) is 5.32 Å². The third-order valence-electron chi connectivity index (χ3n) is 2.71. The number of nitrogens with one attached hydrogen (secondary N) is 1. The largest absolute Gasteiger partial charge is 0.481 e. The highest BCUT2D eigenvalue weighted by molar-refractivity contribution is 5.94. The summed E-state index contributed by atoms with van der Waals surface area (Å²) in [5.41, 5.74) is -0.531. The lowest BCUT2D eigenvalue weighted by Crippen LogP contribution is -2.30. The highest BCUT2D eigenvalue weighted by atomic mass is 19.1. The summed E-state index contributed by atoms with van der Waals surface area (Å²) in [6, 6.07) is 8.31. The maximum absolute atomic E-state index is 13.4. The zero-order valence-corrected chi connectivity index (χ0v) is 11.1. The first-order valence-electron chi connectivity index (χ1n) is 6.14. The highest BCUT2D eigenvalue weighted by Gasteiger charge is 2.18. The molecule has 0 heterocycles.